The van der Waals surface area contributed by atoms with Crippen LogP contribution in [0.1, 0.15) is 62.3 Å². The number of hydrogen-bond donors (Lipinski definition) is 3. The van der Waals surface area contributed by atoms with Gasteiger partial charge in [0.25, 0.3) is 0 Å². The van der Waals surface area contributed by atoms with Gasteiger partial charge in [0.15, 0.2) is 17.4 Å². The first kappa shape index (κ1) is 31.0. The summed E-state index contributed by atoms with van der Waals surface area (Å²) in [5.41, 5.74) is -1.50. The van der Waals surface area contributed by atoms with Gasteiger partial charge in [-0.05, 0) is 62.3 Å². The van der Waals surface area contributed by atoms with E-state index in [1.165, 1.54) is 0 Å². The second-order valence-electron chi connectivity index (χ2n) is 6.51. The molecule has 0 aromatic heterocycles. The Kier molecular flexibility index (Phi) is 22.7. The van der Waals surface area contributed by atoms with E-state index in [0.29, 0.717) is 0 Å². The van der Waals surface area contributed by atoms with Crippen LogP contribution >= 0.6 is 0 Å². The van der Waals surface area contributed by atoms with Crippen LogP contribution in [0.5, 0.6) is 0 Å². The van der Waals surface area contributed by atoms with Gasteiger partial charge in [0, 0.05) is 29.6 Å². The number of rotatable bonds is 0. The zero-order valence-electron chi connectivity index (χ0n) is 12.8. The van der Waals surface area contributed by atoms with Crippen LogP contribution < -0.4 is 0 Å². The Morgan fingerprint density at radius 3 is 0.471 bits per heavy atom. The zero-order valence-corrected chi connectivity index (χ0v) is 14.8. The van der Waals surface area contributed by atoms with Crippen LogP contribution in [0.4, 0.5) is 0 Å². The molecule has 5 heteroatoms. The predicted octanol–water partition coefficient (Wildman–Crippen LogP) is 0.767. The standard InChI is InChI=1S/3C4H10O.Al.Na.3H/c3*1-4(2,3)5;;;;;/h3*5H,1-3H3;;;;;. The molecular weight excluding hydrogens is 242 g/mol. The maximum absolute atomic E-state index is 8.52. The molecule has 0 aliphatic heterocycles. The van der Waals surface area contributed by atoms with E-state index in [9.17, 15) is 0 Å². The zero-order chi connectivity index (χ0) is 13.5. The van der Waals surface area contributed by atoms with Crippen LogP contribution in [-0.4, -0.2) is 79.0 Å². The monoisotopic (exact) mass is 275 g/mol. The van der Waals surface area contributed by atoms with E-state index in [1.54, 1.807) is 62.3 Å². The second-order valence-corrected chi connectivity index (χ2v) is 6.51. The summed E-state index contributed by atoms with van der Waals surface area (Å²) in [7, 11) is 0. The molecule has 0 bridgehead atoms. The Bertz CT molecular complexity index is 96.8. The van der Waals surface area contributed by atoms with E-state index in [-0.39, 0.29) is 46.9 Å². The smallest absolute Gasteiger partial charge is 0.187 e. The minimum absolute atomic E-state index is 0. The fourth-order valence-electron chi connectivity index (χ4n) is 0. The first-order valence-electron chi connectivity index (χ1n) is 5.17. The van der Waals surface area contributed by atoms with E-state index in [0.717, 1.165) is 0 Å². The molecule has 0 aromatic carbocycles. The molecule has 0 atom stereocenters. The summed E-state index contributed by atoms with van der Waals surface area (Å²) in [5.74, 6) is 0. The summed E-state index contributed by atoms with van der Waals surface area (Å²) in [6.45, 7) is 15.7. The summed E-state index contributed by atoms with van der Waals surface area (Å²) in [5, 5.41) is 25.6. The second kappa shape index (κ2) is 12.4. The van der Waals surface area contributed by atoms with Gasteiger partial charge < -0.3 is 15.3 Å². The van der Waals surface area contributed by atoms with Crippen molar-refractivity contribution >= 4 is 46.9 Å². The van der Waals surface area contributed by atoms with Gasteiger partial charge in [0.05, 0.1) is 16.8 Å². The van der Waals surface area contributed by atoms with Crippen molar-refractivity contribution in [3.8, 4) is 0 Å². The predicted molar refractivity (Wildman–Crippen MR) is 81.6 cm³/mol. The maximum Gasteiger partial charge on any atom is 0.187 e. The van der Waals surface area contributed by atoms with E-state index in [1.807, 2.05) is 0 Å². The molecule has 0 aliphatic carbocycles. The molecule has 0 fully saturated rings. The molecule has 0 spiro atoms. The van der Waals surface area contributed by atoms with Crippen LogP contribution in [0.3, 0.4) is 0 Å². The van der Waals surface area contributed by atoms with Crippen molar-refractivity contribution in [3.63, 3.8) is 0 Å². The van der Waals surface area contributed by atoms with Crippen LogP contribution in [0, 0.1) is 0 Å². The van der Waals surface area contributed by atoms with E-state index in [4.69, 9.17) is 15.3 Å². The van der Waals surface area contributed by atoms with Gasteiger partial charge in [-0.25, -0.2) is 0 Å². The average Bonchev–Trinajstić information content (AvgIpc) is 1.41. The molecule has 0 aromatic rings. The molecular formula is C12H33AlNaO3. The topological polar surface area (TPSA) is 60.7 Å². The van der Waals surface area contributed by atoms with Crippen molar-refractivity contribution in [2.24, 2.45) is 0 Å². The summed E-state index contributed by atoms with van der Waals surface area (Å²) in [6, 6.07) is 0. The van der Waals surface area contributed by atoms with Crippen LogP contribution in [0.2, 0.25) is 0 Å². The molecule has 0 heterocycles. The largest absolute Gasteiger partial charge is 0.391 e. The maximum atomic E-state index is 8.52. The Hall–Kier alpha value is 1.41. The Balaban J connectivity index is -0.0000000400. The van der Waals surface area contributed by atoms with Gasteiger partial charge in [0.2, 0.25) is 0 Å². The van der Waals surface area contributed by atoms with E-state index >= 15 is 0 Å². The molecule has 3 nitrogen and oxygen atoms in total. The fourth-order valence-corrected chi connectivity index (χ4v) is 0. The summed E-state index contributed by atoms with van der Waals surface area (Å²) < 4.78 is 0. The van der Waals surface area contributed by atoms with Gasteiger partial charge in [-0.2, -0.15) is 0 Å². The Morgan fingerprint density at radius 2 is 0.471 bits per heavy atom. The third kappa shape index (κ3) is 2070. The summed E-state index contributed by atoms with van der Waals surface area (Å²) in [4.78, 5) is 0. The van der Waals surface area contributed by atoms with Crippen LogP contribution in [0.25, 0.3) is 0 Å². The molecule has 0 rings (SSSR count). The molecule has 0 saturated heterocycles. The summed E-state index contributed by atoms with van der Waals surface area (Å²) >= 11 is 0. The number of aliphatic hydroxyl groups is 3. The normalized spacial score (nSPS) is 10.6. The molecule has 0 amide bonds. The summed E-state index contributed by atoms with van der Waals surface area (Å²) in [6.07, 6.45) is 0. The first-order chi connectivity index (χ1) is 6.00. The minimum Gasteiger partial charge on any atom is -0.391 e. The molecule has 17 heavy (non-hydrogen) atoms. The Morgan fingerprint density at radius 1 is 0.471 bits per heavy atom. The van der Waals surface area contributed by atoms with Crippen LogP contribution in [-0.2, 0) is 0 Å². The van der Waals surface area contributed by atoms with Crippen molar-refractivity contribution in [2.75, 3.05) is 0 Å². The van der Waals surface area contributed by atoms with Gasteiger partial charge in [-0.15, -0.1) is 0 Å². The van der Waals surface area contributed by atoms with E-state index < -0.39 is 16.8 Å². The quantitative estimate of drug-likeness (QED) is 0.572. The van der Waals surface area contributed by atoms with Crippen molar-refractivity contribution in [3.05, 3.63) is 0 Å². The van der Waals surface area contributed by atoms with Gasteiger partial charge in [-0.3, -0.25) is 0 Å². The molecule has 103 valence electrons. The average molecular weight is 275 g/mol. The van der Waals surface area contributed by atoms with Crippen molar-refractivity contribution in [2.45, 2.75) is 79.1 Å². The SMILES string of the molecule is CC(C)(C)O.CC(C)(C)O.CC(C)(C)O.[AlH3].[Na]. The molecule has 0 saturated carbocycles. The van der Waals surface area contributed by atoms with E-state index in [2.05, 4.69) is 0 Å². The molecule has 0 unspecified atom stereocenters. The third-order valence-corrected chi connectivity index (χ3v) is 0. The van der Waals surface area contributed by atoms with Gasteiger partial charge in [0.1, 0.15) is 0 Å². The Labute approximate surface area is 140 Å². The van der Waals surface area contributed by atoms with Crippen LogP contribution in [0.15, 0.2) is 0 Å². The third-order valence-electron chi connectivity index (χ3n) is 0. The first-order valence-corrected chi connectivity index (χ1v) is 5.17. The molecule has 3 N–H and O–H groups in total. The van der Waals surface area contributed by atoms with Crippen molar-refractivity contribution < 1.29 is 15.3 Å². The van der Waals surface area contributed by atoms with Gasteiger partial charge >= 0.3 is 0 Å². The fraction of sp³-hybridized carbons (Fsp3) is 1.00. The molecule has 1 radical (unpaired) electrons. The number of hydrogen-bond acceptors (Lipinski definition) is 3. The minimum atomic E-state index is -0.500. The van der Waals surface area contributed by atoms with Gasteiger partial charge in [-0.1, -0.05) is 0 Å². The molecule has 0 aliphatic rings. The van der Waals surface area contributed by atoms with Crippen molar-refractivity contribution in [1.29, 1.82) is 0 Å². The van der Waals surface area contributed by atoms with Crippen molar-refractivity contribution in [1.82, 2.24) is 0 Å².